The molecule has 0 N–H and O–H groups in total. The number of aryl methyl sites for hydroxylation is 1. The van der Waals surface area contributed by atoms with Gasteiger partial charge in [-0.25, -0.2) is 0 Å². The third-order valence-electron chi connectivity index (χ3n) is 5.22. The Morgan fingerprint density at radius 2 is 1.74 bits per heavy atom. The van der Waals surface area contributed by atoms with E-state index in [0.29, 0.717) is 22.8 Å². The van der Waals surface area contributed by atoms with Crippen LogP contribution in [0.15, 0.2) is 48.5 Å². The molecule has 0 spiro atoms. The fourth-order valence-corrected chi connectivity index (χ4v) is 3.65. The van der Waals surface area contributed by atoms with Gasteiger partial charge in [-0.15, -0.1) is 0 Å². The predicted molar refractivity (Wildman–Crippen MR) is 113 cm³/mol. The van der Waals surface area contributed by atoms with Crippen LogP contribution in [-0.4, -0.2) is 36.8 Å². The number of esters is 1. The maximum absolute atomic E-state index is 12.7. The summed E-state index contributed by atoms with van der Waals surface area (Å²) in [6, 6.07) is 14.6. The summed E-state index contributed by atoms with van der Waals surface area (Å²) in [5, 5.41) is 0. The Morgan fingerprint density at radius 3 is 2.48 bits per heavy atom. The lowest BCUT2D eigenvalue weighted by molar-refractivity contribution is -0.141. The van der Waals surface area contributed by atoms with Gasteiger partial charge in [-0.1, -0.05) is 12.1 Å². The second kappa shape index (κ2) is 8.55. The van der Waals surface area contributed by atoms with Gasteiger partial charge in [0.05, 0.1) is 13.5 Å². The first-order valence-corrected chi connectivity index (χ1v) is 9.87. The van der Waals surface area contributed by atoms with E-state index in [-0.39, 0.29) is 25.6 Å². The molecule has 31 heavy (non-hydrogen) atoms. The van der Waals surface area contributed by atoms with E-state index >= 15 is 0 Å². The third kappa shape index (κ3) is 4.26. The Kier molecular flexibility index (Phi) is 5.66. The second-order valence-corrected chi connectivity index (χ2v) is 7.27. The van der Waals surface area contributed by atoms with E-state index in [1.54, 1.807) is 37.4 Å². The van der Waals surface area contributed by atoms with Crippen LogP contribution in [0.5, 0.6) is 17.2 Å². The van der Waals surface area contributed by atoms with E-state index in [1.807, 2.05) is 36.6 Å². The first-order valence-electron chi connectivity index (χ1n) is 9.87. The molecule has 1 aromatic heterocycles. The van der Waals surface area contributed by atoms with Crippen LogP contribution in [0, 0.1) is 13.8 Å². The quantitative estimate of drug-likeness (QED) is 0.427. The van der Waals surface area contributed by atoms with E-state index in [4.69, 9.17) is 18.9 Å². The molecule has 0 aliphatic carbocycles. The Labute approximate surface area is 180 Å². The topological polar surface area (TPSA) is 76.0 Å². The largest absolute Gasteiger partial charge is 0.497 e. The number of fused-ring (bicyclic) bond motifs is 1. The van der Waals surface area contributed by atoms with Crippen molar-refractivity contribution in [3.8, 4) is 22.9 Å². The van der Waals surface area contributed by atoms with Gasteiger partial charge in [0.1, 0.15) is 5.75 Å². The molecule has 0 atom stereocenters. The van der Waals surface area contributed by atoms with Gasteiger partial charge in [-0.2, -0.15) is 0 Å². The lowest BCUT2D eigenvalue weighted by Crippen LogP contribution is -2.16. The molecule has 1 aliphatic heterocycles. The van der Waals surface area contributed by atoms with Gasteiger partial charge in [0.2, 0.25) is 12.6 Å². The molecule has 160 valence electrons. The van der Waals surface area contributed by atoms with Crippen LogP contribution in [0.1, 0.15) is 27.3 Å². The highest BCUT2D eigenvalue weighted by molar-refractivity contribution is 5.99. The highest BCUT2D eigenvalue weighted by atomic mass is 16.7. The van der Waals surface area contributed by atoms with Crippen molar-refractivity contribution in [2.45, 2.75) is 20.3 Å². The average Bonchev–Trinajstić information content (AvgIpc) is 3.35. The minimum Gasteiger partial charge on any atom is -0.497 e. The van der Waals surface area contributed by atoms with E-state index in [0.717, 1.165) is 22.6 Å². The number of hydrogen-bond donors (Lipinski definition) is 0. The van der Waals surface area contributed by atoms with Crippen LogP contribution < -0.4 is 14.2 Å². The summed E-state index contributed by atoms with van der Waals surface area (Å²) >= 11 is 0. The maximum atomic E-state index is 12.7. The Bertz CT molecular complexity index is 1130. The summed E-state index contributed by atoms with van der Waals surface area (Å²) in [5.74, 6) is 1.38. The molecule has 0 saturated carbocycles. The van der Waals surface area contributed by atoms with Crippen LogP contribution in [0.25, 0.3) is 5.69 Å². The van der Waals surface area contributed by atoms with Gasteiger partial charge < -0.3 is 23.5 Å². The van der Waals surface area contributed by atoms with Crippen molar-refractivity contribution in [3.05, 3.63) is 71.0 Å². The van der Waals surface area contributed by atoms with Crippen molar-refractivity contribution in [2.24, 2.45) is 0 Å². The van der Waals surface area contributed by atoms with Crippen LogP contribution in [-0.2, 0) is 16.0 Å². The number of hydrogen-bond acceptors (Lipinski definition) is 6. The molecule has 2 heterocycles. The SMILES string of the molecule is COc1ccc(CC(=O)OCC(=O)c2cc(C)n(-c3ccc4c(c3)OCO4)c2C)cc1. The fraction of sp³-hybridized carbons (Fsp3) is 0.250. The Morgan fingerprint density at radius 1 is 1.00 bits per heavy atom. The molecule has 2 aromatic carbocycles. The minimum atomic E-state index is -0.455. The van der Waals surface area contributed by atoms with Gasteiger partial charge in [0, 0.05) is 28.7 Å². The number of rotatable bonds is 7. The van der Waals surface area contributed by atoms with E-state index in [9.17, 15) is 9.59 Å². The zero-order valence-corrected chi connectivity index (χ0v) is 17.6. The number of carbonyl (C=O) groups excluding carboxylic acids is 2. The number of benzene rings is 2. The smallest absolute Gasteiger partial charge is 0.310 e. The summed E-state index contributed by atoms with van der Waals surface area (Å²) < 4.78 is 23.1. The number of aromatic nitrogens is 1. The van der Waals surface area contributed by atoms with Crippen LogP contribution in [0.3, 0.4) is 0 Å². The monoisotopic (exact) mass is 421 g/mol. The van der Waals surface area contributed by atoms with Crippen molar-refractivity contribution >= 4 is 11.8 Å². The lowest BCUT2D eigenvalue weighted by Gasteiger charge is -2.11. The Hall–Kier alpha value is -3.74. The molecule has 0 bridgehead atoms. The van der Waals surface area contributed by atoms with Crippen molar-refractivity contribution in [3.63, 3.8) is 0 Å². The van der Waals surface area contributed by atoms with Crippen molar-refractivity contribution in [1.29, 1.82) is 0 Å². The molecular weight excluding hydrogens is 398 g/mol. The third-order valence-corrected chi connectivity index (χ3v) is 5.22. The molecule has 3 aromatic rings. The number of nitrogens with zero attached hydrogens (tertiary/aromatic N) is 1. The van der Waals surface area contributed by atoms with Crippen LogP contribution in [0.2, 0.25) is 0 Å². The van der Waals surface area contributed by atoms with Crippen LogP contribution in [0.4, 0.5) is 0 Å². The van der Waals surface area contributed by atoms with Gasteiger partial charge in [0.15, 0.2) is 18.1 Å². The summed E-state index contributed by atoms with van der Waals surface area (Å²) in [6.45, 7) is 3.68. The molecule has 7 heteroatoms. The van der Waals surface area contributed by atoms with Gasteiger partial charge in [0.25, 0.3) is 0 Å². The first-order chi connectivity index (χ1) is 15.0. The second-order valence-electron chi connectivity index (χ2n) is 7.27. The first kappa shape index (κ1) is 20.5. The number of carbonyl (C=O) groups is 2. The van der Waals surface area contributed by atoms with Crippen molar-refractivity contribution < 1.29 is 28.5 Å². The molecule has 4 rings (SSSR count). The molecule has 0 unspecified atom stereocenters. The maximum Gasteiger partial charge on any atom is 0.310 e. The zero-order chi connectivity index (χ0) is 22.0. The highest BCUT2D eigenvalue weighted by Gasteiger charge is 2.20. The van der Waals surface area contributed by atoms with Crippen LogP contribution >= 0.6 is 0 Å². The number of Topliss-reactive ketones (excluding diaryl/α,β-unsaturated/α-hetero) is 1. The molecule has 0 amide bonds. The van der Waals surface area contributed by atoms with Crippen molar-refractivity contribution in [1.82, 2.24) is 4.57 Å². The molecular formula is C24H23NO6. The normalized spacial score (nSPS) is 12.0. The zero-order valence-electron chi connectivity index (χ0n) is 17.6. The van der Waals surface area contributed by atoms with E-state index in [2.05, 4.69) is 0 Å². The van der Waals surface area contributed by atoms with E-state index < -0.39 is 5.97 Å². The van der Waals surface area contributed by atoms with Gasteiger partial charge in [-0.05, 0) is 49.7 Å². The Balaban J connectivity index is 1.43. The minimum absolute atomic E-state index is 0.0908. The van der Waals surface area contributed by atoms with Crippen molar-refractivity contribution in [2.75, 3.05) is 20.5 Å². The number of ether oxygens (including phenoxy) is 4. The standard InChI is InChI=1S/C24H23NO6/c1-15-10-20(16(2)25(15)18-6-9-22-23(12-18)31-14-30-22)21(26)13-29-24(27)11-17-4-7-19(28-3)8-5-17/h4-10,12H,11,13-14H2,1-3H3. The summed E-state index contributed by atoms with van der Waals surface area (Å²) in [5.41, 5.74) is 3.85. The molecule has 0 saturated heterocycles. The molecule has 0 radical (unpaired) electrons. The van der Waals surface area contributed by atoms with E-state index in [1.165, 1.54) is 0 Å². The highest BCUT2D eigenvalue weighted by Crippen LogP contribution is 2.35. The summed E-state index contributed by atoms with van der Waals surface area (Å²) in [7, 11) is 1.58. The molecule has 7 nitrogen and oxygen atoms in total. The number of methoxy groups -OCH3 is 1. The molecule has 0 fully saturated rings. The average molecular weight is 421 g/mol. The summed E-state index contributed by atoms with van der Waals surface area (Å²) in [4.78, 5) is 24.9. The number of ketones is 1. The fourth-order valence-electron chi connectivity index (χ4n) is 3.65. The van der Waals surface area contributed by atoms with Gasteiger partial charge in [-0.3, -0.25) is 9.59 Å². The lowest BCUT2D eigenvalue weighted by atomic mass is 10.1. The predicted octanol–water partition coefficient (Wildman–Crippen LogP) is 3.80. The molecule has 1 aliphatic rings. The summed E-state index contributed by atoms with van der Waals surface area (Å²) in [6.07, 6.45) is 0.0908. The van der Waals surface area contributed by atoms with Gasteiger partial charge >= 0.3 is 5.97 Å².